The molecule has 5 rings (SSSR count). The van der Waals surface area contributed by atoms with Gasteiger partial charge in [-0.3, -0.25) is 9.36 Å². The van der Waals surface area contributed by atoms with Crippen LogP contribution in [0.5, 0.6) is 11.5 Å². The third-order valence-corrected chi connectivity index (χ3v) is 6.03. The van der Waals surface area contributed by atoms with Gasteiger partial charge in [-0.15, -0.1) is 0 Å². The highest BCUT2D eigenvalue weighted by Gasteiger charge is 2.28. The second kappa shape index (κ2) is 9.89. The molecule has 1 unspecified atom stereocenters. The first-order chi connectivity index (χ1) is 16.3. The minimum atomic E-state index is -0.252. The zero-order valence-corrected chi connectivity index (χ0v) is 18.5. The van der Waals surface area contributed by atoms with Crippen LogP contribution < -0.4 is 19.7 Å². The molecular formula is C24H28N6O3. The van der Waals surface area contributed by atoms with E-state index in [1.165, 1.54) is 0 Å². The third-order valence-electron chi connectivity index (χ3n) is 6.03. The summed E-state index contributed by atoms with van der Waals surface area (Å²) in [5.74, 6) is 2.91. The molecule has 0 radical (unpaired) electrons. The van der Waals surface area contributed by atoms with Crippen molar-refractivity contribution in [3.8, 4) is 17.4 Å². The van der Waals surface area contributed by atoms with Crippen LogP contribution in [0.2, 0.25) is 0 Å². The van der Waals surface area contributed by atoms with Crippen LogP contribution >= 0.6 is 0 Å². The van der Waals surface area contributed by atoms with Gasteiger partial charge in [-0.25, -0.2) is 9.97 Å². The molecule has 172 valence electrons. The Morgan fingerprint density at radius 1 is 1.09 bits per heavy atom. The summed E-state index contributed by atoms with van der Waals surface area (Å²) in [6.07, 6.45) is 11.6. The van der Waals surface area contributed by atoms with Gasteiger partial charge in [0.1, 0.15) is 31.4 Å². The zero-order chi connectivity index (χ0) is 22.5. The fraction of sp³-hybridized carbons (Fsp3) is 0.417. The summed E-state index contributed by atoms with van der Waals surface area (Å²) in [6, 6.07) is 7.58. The molecule has 1 aromatic carbocycles. The number of anilines is 1. The molecule has 9 heteroatoms. The molecule has 0 aliphatic carbocycles. The molecule has 1 N–H and O–H groups in total. The van der Waals surface area contributed by atoms with Crippen molar-refractivity contribution in [1.29, 1.82) is 0 Å². The highest BCUT2D eigenvalue weighted by molar-refractivity contribution is 5.85. The van der Waals surface area contributed by atoms with Crippen LogP contribution in [0.4, 0.5) is 5.82 Å². The number of imidazole rings is 1. The van der Waals surface area contributed by atoms with E-state index in [4.69, 9.17) is 14.5 Å². The van der Waals surface area contributed by atoms with Crippen molar-refractivity contribution in [3.05, 3.63) is 54.7 Å². The second-order valence-electron chi connectivity index (χ2n) is 8.26. The Bertz CT molecular complexity index is 1090. The lowest BCUT2D eigenvalue weighted by atomic mass is 10.1. The number of nitrogens with one attached hydrogen (secondary N) is 1. The molecule has 9 nitrogen and oxygen atoms in total. The average molecular weight is 449 g/mol. The Labute approximate surface area is 192 Å². The van der Waals surface area contributed by atoms with Gasteiger partial charge in [0.05, 0.1) is 0 Å². The lowest BCUT2D eigenvalue weighted by Gasteiger charge is -2.30. The Balaban J connectivity index is 1.25. The SMILES string of the molecule is O=C(NCCc1ccc2c(c1)OCCO2)C1CCCCCN1c1ccnc(-n2ccnc2)n1. The van der Waals surface area contributed by atoms with Crippen molar-refractivity contribution in [2.24, 2.45) is 0 Å². The molecule has 3 aromatic rings. The second-order valence-corrected chi connectivity index (χ2v) is 8.26. The van der Waals surface area contributed by atoms with Gasteiger partial charge in [0.2, 0.25) is 11.9 Å². The summed E-state index contributed by atoms with van der Waals surface area (Å²) in [4.78, 5) is 28.5. The van der Waals surface area contributed by atoms with E-state index >= 15 is 0 Å². The fourth-order valence-electron chi connectivity index (χ4n) is 4.35. The lowest BCUT2D eigenvalue weighted by Crippen LogP contribution is -2.47. The van der Waals surface area contributed by atoms with Gasteiger partial charge in [0.25, 0.3) is 0 Å². The highest BCUT2D eigenvalue weighted by atomic mass is 16.6. The van der Waals surface area contributed by atoms with Gasteiger partial charge in [0, 0.05) is 31.7 Å². The van der Waals surface area contributed by atoms with Gasteiger partial charge in [0.15, 0.2) is 11.5 Å². The lowest BCUT2D eigenvalue weighted by molar-refractivity contribution is -0.122. The van der Waals surface area contributed by atoms with Crippen molar-refractivity contribution in [1.82, 2.24) is 24.8 Å². The van der Waals surface area contributed by atoms with Crippen LogP contribution in [0, 0.1) is 0 Å². The van der Waals surface area contributed by atoms with Crippen LogP contribution in [0.25, 0.3) is 5.95 Å². The van der Waals surface area contributed by atoms with Crippen molar-refractivity contribution in [2.75, 3.05) is 31.2 Å². The molecule has 1 atom stereocenters. The van der Waals surface area contributed by atoms with E-state index in [0.717, 1.165) is 61.5 Å². The Morgan fingerprint density at radius 3 is 2.88 bits per heavy atom. The van der Waals surface area contributed by atoms with Crippen LogP contribution in [0.15, 0.2) is 49.2 Å². The van der Waals surface area contributed by atoms with Crippen molar-refractivity contribution in [3.63, 3.8) is 0 Å². The number of carbonyl (C=O) groups is 1. The molecule has 1 fully saturated rings. The highest BCUT2D eigenvalue weighted by Crippen LogP contribution is 2.30. The van der Waals surface area contributed by atoms with E-state index in [1.807, 2.05) is 30.5 Å². The monoisotopic (exact) mass is 448 g/mol. The summed E-state index contributed by atoms with van der Waals surface area (Å²) >= 11 is 0. The average Bonchev–Trinajstić information content (AvgIpc) is 3.28. The summed E-state index contributed by atoms with van der Waals surface area (Å²) in [6.45, 7) is 2.50. The van der Waals surface area contributed by atoms with E-state index < -0.39 is 0 Å². The molecule has 0 bridgehead atoms. The number of aromatic nitrogens is 4. The maximum absolute atomic E-state index is 13.2. The van der Waals surface area contributed by atoms with Crippen molar-refractivity contribution in [2.45, 2.75) is 38.1 Å². The maximum atomic E-state index is 13.2. The van der Waals surface area contributed by atoms with Crippen LogP contribution in [0.3, 0.4) is 0 Å². The van der Waals surface area contributed by atoms with Crippen LogP contribution in [-0.2, 0) is 11.2 Å². The molecule has 2 aliphatic heterocycles. The van der Waals surface area contributed by atoms with E-state index in [-0.39, 0.29) is 11.9 Å². The minimum Gasteiger partial charge on any atom is -0.486 e. The van der Waals surface area contributed by atoms with E-state index in [1.54, 1.807) is 23.3 Å². The van der Waals surface area contributed by atoms with Gasteiger partial charge in [-0.2, -0.15) is 4.98 Å². The quantitative estimate of drug-likeness (QED) is 0.619. The molecule has 0 spiro atoms. The van der Waals surface area contributed by atoms with Gasteiger partial charge in [-0.1, -0.05) is 18.9 Å². The molecule has 2 aromatic heterocycles. The molecule has 33 heavy (non-hydrogen) atoms. The zero-order valence-electron chi connectivity index (χ0n) is 18.5. The third kappa shape index (κ3) is 4.92. The van der Waals surface area contributed by atoms with Gasteiger partial charge < -0.3 is 19.7 Å². The first-order valence-corrected chi connectivity index (χ1v) is 11.5. The molecule has 1 saturated heterocycles. The number of hydrogen-bond donors (Lipinski definition) is 1. The van der Waals surface area contributed by atoms with Gasteiger partial charge in [-0.05, 0) is 43.0 Å². The van der Waals surface area contributed by atoms with E-state index in [0.29, 0.717) is 25.7 Å². The number of nitrogens with zero attached hydrogens (tertiary/aromatic N) is 5. The standard InChI is InChI=1S/C24H28N6O3/c31-23(26-9-7-18-5-6-20-21(16-18)33-15-14-32-20)19-4-2-1-3-12-30(19)22-8-10-27-24(28-22)29-13-11-25-17-29/h5-6,8,10-11,13,16-17,19H,1-4,7,9,12,14-15H2,(H,26,31). The molecular weight excluding hydrogens is 420 g/mol. The predicted molar refractivity (Wildman–Crippen MR) is 123 cm³/mol. The summed E-state index contributed by atoms with van der Waals surface area (Å²) in [5.41, 5.74) is 1.11. The van der Waals surface area contributed by atoms with Gasteiger partial charge >= 0.3 is 0 Å². The molecule has 4 heterocycles. The Morgan fingerprint density at radius 2 is 2.00 bits per heavy atom. The van der Waals surface area contributed by atoms with E-state index in [2.05, 4.69) is 20.2 Å². The number of ether oxygens (including phenoxy) is 2. The maximum Gasteiger partial charge on any atom is 0.242 e. The van der Waals surface area contributed by atoms with Crippen molar-refractivity contribution >= 4 is 11.7 Å². The summed E-state index contributed by atoms with van der Waals surface area (Å²) in [7, 11) is 0. The summed E-state index contributed by atoms with van der Waals surface area (Å²) < 4.78 is 13.0. The van der Waals surface area contributed by atoms with E-state index in [9.17, 15) is 4.79 Å². The minimum absolute atomic E-state index is 0.0391. The molecule has 2 aliphatic rings. The summed E-state index contributed by atoms with van der Waals surface area (Å²) in [5, 5.41) is 3.14. The first kappa shape index (κ1) is 21.2. The van der Waals surface area contributed by atoms with Crippen LogP contribution in [-0.4, -0.2) is 57.8 Å². The number of carbonyl (C=O) groups excluding carboxylic acids is 1. The number of benzene rings is 1. The number of fused-ring (bicyclic) bond motifs is 1. The number of hydrogen-bond acceptors (Lipinski definition) is 7. The largest absolute Gasteiger partial charge is 0.486 e. The fourth-order valence-corrected chi connectivity index (χ4v) is 4.35. The molecule has 0 saturated carbocycles. The van der Waals surface area contributed by atoms with Crippen molar-refractivity contribution < 1.29 is 14.3 Å². The normalized spacial score (nSPS) is 17.9. The Kier molecular flexibility index (Phi) is 6.37. The topological polar surface area (TPSA) is 94.4 Å². The number of amides is 1. The number of rotatable bonds is 6. The van der Waals surface area contributed by atoms with Crippen LogP contribution in [0.1, 0.15) is 31.2 Å². The predicted octanol–water partition coefficient (Wildman–Crippen LogP) is 2.54. The Hall–Kier alpha value is -3.62. The smallest absolute Gasteiger partial charge is 0.242 e. The first-order valence-electron chi connectivity index (χ1n) is 11.5. The molecule has 1 amide bonds.